The molecular formula is C11H14N4O3. The molecule has 1 N–H and O–H groups in total. The summed E-state index contributed by atoms with van der Waals surface area (Å²) in [6, 6.07) is 1.70. The second-order valence-electron chi connectivity index (χ2n) is 3.72. The Labute approximate surface area is 103 Å². The van der Waals surface area contributed by atoms with Gasteiger partial charge < -0.3 is 5.32 Å². The van der Waals surface area contributed by atoms with Crippen LogP contribution in [0.2, 0.25) is 0 Å². The van der Waals surface area contributed by atoms with E-state index >= 15 is 0 Å². The van der Waals surface area contributed by atoms with Gasteiger partial charge in [-0.3, -0.25) is 18.7 Å². The second-order valence-corrected chi connectivity index (χ2v) is 3.72. The number of rotatable bonds is 4. The molecule has 1 heterocycles. The third-order valence-electron chi connectivity index (χ3n) is 2.53. The van der Waals surface area contributed by atoms with Crippen LogP contribution in [0, 0.1) is 11.3 Å². The zero-order valence-corrected chi connectivity index (χ0v) is 10.5. The van der Waals surface area contributed by atoms with Crippen LogP contribution in [-0.2, 0) is 14.1 Å². The van der Waals surface area contributed by atoms with Crippen LogP contribution in [-0.4, -0.2) is 21.5 Å². The molecule has 0 unspecified atom stereocenters. The summed E-state index contributed by atoms with van der Waals surface area (Å²) in [4.78, 5) is 35.4. The van der Waals surface area contributed by atoms with Crippen molar-refractivity contribution in [2.24, 2.45) is 14.1 Å². The van der Waals surface area contributed by atoms with E-state index in [0.717, 1.165) is 4.57 Å². The summed E-state index contributed by atoms with van der Waals surface area (Å²) in [6.07, 6.45) is -0.397. The topological polar surface area (TPSA) is 96.9 Å². The second kappa shape index (κ2) is 5.31. The molecule has 0 amide bonds. The van der Waals surface area contributed by atoms with Gasteiger partial charge in [0.2, 0.25) is 0 Å². The van der Waals surface area contributed by atoms with Gasteiger partial charge in [0.1, 0.15) is 11.4 Å². The molecule has 18 heavy (non-hydrogen) atoms. The first-order chi connectivity index (χ1) is 8.45. The Morgan fingerprint density at radius 1 is 1.33 bits per heavy atom. The maximum atomic E-state index is 11.9. The normalized spacial score (nSPS) is 9.89. The van der Waals surface area contributed by atoms with E-state index in [2.05, 4.69) is 5.32 Å². The fourth-order valence-corrected chi connectivity index (χ4v) is 1.63. The number of Topliss-reactive ketones (excluding diaryl/α,β-unsaturated/α-hetero) is 1. The van der Waals surface area contributed by atoms with Crippen LogP contribution in [0.3, 0.4) is 0 Å². The van der Waals surface area contributed by atoms with Gasteiger partial charge in [0.05, 0.1) is 12.5 Å². The van der Waals surface area contributed by atoms with Crippen LogP contribution < -0.4 is 16.6 Å². The number of nitrogens with zero attached hydrogens (tertiary/aromatic N) is 3. The third-order valence-corrected chi connectivity index (χ3v) is 2.53. The SMILES string of the molecule is CCNc1c(C(=O)CC#N)c(=O)n(C)c(=O)n1C. The van der Waals surface area contributed by atoms with Crippen molar-refractivity contribution < 1.29 is 4.79 Å². The molecule has 1 rings (SSSR count). The molecule has 7 nitrogen and oxygen atoms in total. The first kappa shape index (κ1) is 13.7. The van der Waals surface area contributed by atoms with Gasteiger partial charge in [-0.25, -0.2) is 4.79 Å². The molecule has 0 fully saturated rings. The number of nitriles is 1. The number of anilines is 1. The smallest absolute Gasteiger partial charge is 0.332 e. The van der Waals surface area contributed by atoms with Gasteiger partial charge in [0, 0.05) is 20.6 Å². The van der Waals surface area contributed by atoms with Crippen molar-refractivity contribution in [2.75, 3.05) is 11.9 Å². The minimum absolute atomic E-state index is 0.150. The predicted molar refractivity (Wildman–Crippen MR) is 65.6 cm³/mol. The lowest BCUT2D eigenvalue weighted by molar-refractivity contribution is 0.0995. The molecule has 0 saturated heterocycles. The maximum Gasteiger partial charge on any atom is 0.332 e. The maximum absolute atomic E-state index is 11.9. The van der Waals surface area contributed by atoms with E-state index < -0.39 is 23.5 Å². The van der Waals surface area contributed by atoms with E-state index in [0.29, 0.717) is 6.54 Å². The molecular weight excluding hydrogens is 236 g/mol. The van der Waals surface area contributed by atoms with Crippen molar-refractivity contribution in [2.45, 2.75) is 13.3 Å². The zero-order chi connectivity index (χ0) is 13.9. The molecule has 7 heteroatoms. The van der Waals surface area contributed by atoms with E-state index in [1.54, 1.807) is 13.0 Å². The molecule has 0 bridgehead atoms. The fraction of sp³-hybridized carbons (Fsp3) is 0.455. The molecule has 0 aromatic carbocycles. The lowest BCUT2D eigenvalue weighted by Gasteiger charge is -2.14. The number of aromatic nitrogens is 2. The lowest BCUT2D eigenvalue weighted by Crippen LogP contribution is -2.41. The molecule has 0 aliphatic carbocycles. The number of carbonyl (C=O) groups excluding carboxylic acids is 1. The van der Waals surface area contributed by atoms with Crippen molar-refractivity contribution in [3.05, 3.63) is 26.4 Å². The largest absolute Gasteiger partial charge is 0.371 e. The van der Waals surface area contributed by atoms with Crippen molar-refractivity contribution in [3.63, 3.8) is 0 Å². The van der Waals surface area contributed by atoms with Gasteiger partial charge in [0.25, 0.3) is 5.56 Å². The highest BCUT2D eigenvalue weighted by atomic mass is 16.2. The molecule has 0 atom stereocenters. The van der Waals surface area contributed by atoms with Crippen molar-refractivity contribution in [1.82, 2.24) is 9.13 Å². The quantitative estimate of drug-likeness (QED) is 0.734. The number of hydrogen-bond acceptors (Lipinski definition) is 5. The van der Waals surface area contributed by atoms with Crippen LogP contribution in [0.4, 0.5) is 5.82 Å². The van der Waals surface area contributed by atoms with E-state index in [1.807, 2.05) is 0 Å². The Hall–Kier alpha value is -2.36. The minimum atomic E-state index is -0.686. The summed E-state index contributed by atoms with van der Waals surface area (Å²) in [5.74, 6) is -0.435. The average Bonchev–Trinajstić information content (AvgIpc) is 2.34. The van der Waals surface area contributed by atoms with Crippen molar-refractivity contribution in [1.29, 1.82) is 5.26 Å². The minimum Gasteiger partial charge on any atom is -0.371 e. The van der Waals surface area contributed by atoms with Crippen LogP contribution in [0.25, 0.3) is 0 Å². The fourth-order valence-electron chi connectivity index (χ4n) is 1.63. The Balaban J connectivity index is 3.68. The van der Waals surface area contributed by atoms with E-state index in [-0.39, 0.29) is 11.4 Å². The molecule has 0 aliphatic heterocycles. The molecule has 0 radical (unpaired) electrons. The Bertz CT molecular complexity index is 633. The summed E-state index contributed by atoms with van der Waals surface area (Å²) in [5, 5.41) is 11.3. The molecule has 0 spiro atoms. The summed E-state index contributed by atoms with van der Waals surface area (Å²) in [5.41, 5.74) is -1.36. The monoisotopic (exact) mass is 250 g/mol. The molecule has 1 aromatic rings. The van der Waals surface area contributed by atoms with E-state index in [1.165, 1.54) is 18.7 Å². The highest BCUT2D eigenvalue weighted by Gasteiger charge is 2.21. The van der Waals surface area contributed by atoms with Gasteiger partial charge in [-0.15, -0.1) is 0 Å². The van der Waals surface area contributed by atoms with Crippen LogP contribution in [0.15, 0.2) is 9.59 Å². The van der Waals surface area contributed by atoms with Gasteiger partial charge >= 0.3 is 5.69 Å². The highest BCUT2D eigenvalue weighted by Crippen LogP contribution is 2.10. The van der Waals surface area contributed by atoms with Gasteiger partial charge in [0.15, 0.2) is 5.78 Å². The predicted octanol–water partition coefficient (Wildman–Crippen LogP) is -0.388. The Kier molecular flexibility index (Phi) is 4.05. The van der Waals surface area contributed by atoms with Crippen LogP contribution >= 0.6 is 0 Å². The highest BCUT2D eigenvalue weighted by molar-refractivity contribution is 6.01. The standard InChI is InChI=1S/C11H14N4O3/c1-4-13-9-8(7(16)5-6-12)10(17)15(3)11(18)14(9)2/h13H,4-5H2,1-3H3. The molecule has 96 valence electrons. The number of hydrogen-bond donors (Lipinski definition) is 1. The Morgan fingerprint density at radius 3 is 2.44 bits per heavy atom. The molecule has 1 aromatic heterocycles. The molecule has 0 aliphatic rings. The first-order valence-electron chi connectivity index (χ1n) is 5.39. The third kappa shape index (κ3) is 2.18. The van der Waals surface area contributed by atoms with Gasteiger partial charge in [-0.05, 0) is 6.92 Å². The van der Waals surface area contributed by atoms with Gasteiger partial charge in [-0.1, -0.05) is 0 Å². The number of ketones is 1. The van der Waals surface area contributed by atoms with Gasteiger partial charge in [-0.2, -0.15) is 5.26 Å². The zero-order valence-electron chi connectivity index (χ0n) is 10.5. The van der Waals surface area contributed by atoms with Crippen LogP contribution in [0.5, 0.6) is 0 Å². The first-order valence-corrected chi connectivity index (χ1v) is 5.39. The average molecular weight is 250 g/mol. The summed E-state index contributed by atoms with van der Waals surface area (Å²) >= 11 is 0. The van der Waals surface area contributed by atoms with Crippen LogP contribution in [0.1, 0.15) is 23.7 Å². The van der Waals surface area contributed by atoms with Crippen molar-refractivity contribution >= 4 is 11.6 Å². The molecule has 0 saturated carbocycles. The number of carbonyl (C=O) groups is 1. The van der Waals surface area contributed by atoms with E-state index in [4.69, 9.17) is 5.26 Å². The van der Waals surface area contributed by atoms with E-state index in [9.17, 15) is 14.4 Å². The Morgan fingerprint density at radius 2 is 1.94 bits per heavy atom. The van der Waals surface area contributed by atoms with Crippen molar-refractivity contribution in [3.8, 4) is 6.07 Å². The lowest BCUT2D eigenvalue weighted by atomic mass is 10.1. The summed E-state index contributed by atoms with van der Waals surface area (Å²) < 4.78 is 2.04. The number of nitrogens with one attached hydrogen (secondary N) is 1. The summed E-state index contributed by atoms with van der Waals surface area (Å²) in [7, 11) is 2.76. The summed E-state index contributed by atoms with van der Waals surface area (Å²) in [6.45, 7) is 2.23.